The van der Waals surface area contributed by atoms with Gasteiger partial charge in [-0.15, -0.1) is 11.6 Å². The van der Waals surface area contributed by atoms with E-state index in [2.05, 4.69) is 0 Å². The van der Waals surface area contributed by atoms with Crippen LogP contribution < -0.4 is 0 Å². The molecule has 0 saturated carbocycles. The SMILES string of the molecule is Cc1cccc(C=O)c1C(=O)CCCl. The number of halogens is 1. The van der Waals surface area contributed by atoms with Gasteiger partial charge in [0.15, 0.2) is 12.1 Å². The Morgan fingerprint density at radius 2 is 2.21 bits per heavy atom. The molecule has 1 aromatic rings. The highest BCUT2D eigenvalue weighted by atomic mass is 35.5. The van der Waals surface area contributed by atoms with Crippen LogP contribution in [-0.2, 0) is 0 Å². The minimum absolute atomic E-state index is 0.0693. The van der Waals surface area contributed by atoms with Crippen LogP contribution in [0, 0.1) is 6.92 Å². The molecule has 0 aliphatic rings. The third-order valence-electron chi connectivity index (χ3n) is 2.03. The van der Waals surface area contributed by atoms with E-state index in [9.17, 15) is 9.59 Å². The summed E-state index contributed by atoms with van der Waals surface area (Å²) in [5.74, 6) is 0.214. The van der Waals surface area contributed by atoms with Gasteiger partial charge in [-0.05, 0) is 12.5 Å². The van der Waals surface area contributed by atoms with Gasteiger partial charge in [0.2, 0.25) is 0 Å². The number of hydrogen-bond donors (Lipinski definition) is 0. The number of carbonyl (C=O) groups excluding carboxylic acids is 2. The van der Waals surface area contributed by atoms with Crippen molar-refractivity contribution in [1.82, 2.24) is 0 Å². The molecule has 0 spiro atoms. The summed E-state index contributed by atoms with van der Waals surface area (Å²) in [6.45, 7) is 1.81. The van der Waals surface area contributed by atoms with Crippen LogP contribution in [0.15, 0.2) is 18.2 Å². The largest absolute Gasteiger partial charge is 0.298 e. The second kappa shape index (κ2) is 4.91. The standard InChI is InChI=1S/C11H11ClO2/c1-8-3-2-4-9(7-13)11(8)10(14)5-6-12/h2-4,7H,5-6H2,1H3. The van der Waals surface area contributed by atoms with E-state index in [1.165, 1.54) is 0 Å². The summed E-state index contributed by atoms with van der Waals surface area (Å²) in [4.78, 5) is 22.3. The summed E-state index contributed by atoms with van der Waals surface area (Å²) in [7, 11) is 0. The van der Waals surface area contributed by atoms with E-state index < -0.39 is 0 Å². The molecule has 1 rings (SSSR count). The van der Waals surface area contributed by atoms with Gasteiger partial charge >= 0.3 is 0 Å². The van der Waals surface area contributed by atoms with Crippen LogP contribution in [0.2, 0.25) is 0 Å². The van der Waals surface area contributed by atoms with Crippen LogP contribution in [0.25, 0.3) is 0 Å². The van der Waals surface area contributed by atoms with E-state index >= 15 is 0 Å². The Balaban J connectivity index is 3.16. The third-order valence-corrected chi connectivity index (χ3v) is 2.22. The van der Waals surface area contributed by atoms with Gasteiger partial charge in [-0.2, -0.15) is 0 Å². The molecule has 0 saturated heterocycles. The highest BCUT2D eigenvalue weighted by molar-refractivity contribution is 6.20. The molecule has 0 amide bonds. The highest BCUT2D eigenvalue weighted by Crippen LogP contribution is 2.15. The van der Waals surface area contributed by atoms with Gasteiger partial charge < -0.3 is 0 Å². The first-order valence-corrected chi connectivity index (χ1v) is 4.88. The van der Waals surface area contributed by atoms with Crippen molar-refractivity contribution in [1.29, 1.82) is 0 Å². The minimum Gasteiger partial charge on any atom is -0.298 e. The molecular formula is C11H11ClO2. The molecule has 0 radical (unpaired) electrons. The fourth-order valence-corrected chi connectivity index (χ4v) is 1.55. The van der Waals surface area contributed by atoms with Gasteiger partial charge in [0.1, 0.15) is 0 Å². The number of alkyl halides is 1. The molecule has 3 heteroatoms. The molecule has 0 bridgehead atoms. The second-order valence-corrected chi connectivity index (χ2v) is 3.40. The van der Waals surface area contributed by atoms with Gasteiger partial charge in [0, 0.05) is 23.4 Å². The van der Waals surface area contributed by atoms with E-state index in [-0.39, 0.29) is 18.1 Å². The fraction of sp³-hybridized carbons (Fsp3) is 0.273. The molecule has 0 atom stereocenters. The van der Waals surface area contributed by atoms with Crippen LogP contribution in [0.1, 0.15) is 32.7 Å². The quantitative estimate of drug-likeness (QED) is 0.435. The molecule has 0 aliphatic carbocycles. The predicted molar refractivity (Wildman–Crippen MR) is 56.2 cm³/mol. The summed E-state index contributed by atoms with van der Waals surface area (Å²) in [5, 5.41) is 0. The smallest absolute Gasteiger partial charge is 0.165 e. The van der Waals surface area contributed by atoms with Crippen molar-refractivity contribution >= 4 is 23.7 Å². The van der Waals surface area contributed by atoms with Gasteiger partial charge in [-0.3, -0.25) is 9.59 Å². The molecule has 0 aliphatic heterocycles. The average molecular weight is 211 g/mol. The van der Waals surface area contributed by atoms with Gasteiger partial charge in [0.05, 0.1) is 0 Å². The Kier molecular flexibility index (Phi) is 3.84. The minimum atomic E-state index is -0.0693. The Morgan fingerprint density at radius 1 is 1.50 bits per heavy atom. The number of aldehydes is 1. The van der Waals surface area contributed by atoms with Crippen molar-refractivity contribution in [2.24, 2.45) is 0 Å². The van der Waals surface area contributed by atoms with Crippen LogP contribution in [0.5, 0.6) is 0 Å². The Bertz CT molecular complexity index is 358. The fourth-order valence-electron chi connectivity index (χ4n) is 1.38. The molecule has 0 fully saturated rings. The van der Waals surface area contributed by atoms with Gasteiger partial charge in [0.25, 0.3) is 0 Å². The number of hydrogen-bond acceptors (Lipinski definition) is 2. The monoisotopic (exact) mass is 210 g/mol. The molecule has 0 aromatic heterocycles. The normalized spacial score (nSPS) is 9.86. The number of aryl methyl sites for hydroxylation is 1. The number of Topliss-reactive ketones (excluding diaryl/α,β-unsaturated/α-hetero) is 1. The maximum absolute atomic E-state index is 11.6. The second-order valence-electron chi connectivity index (χ2n) is 3.02. The van der Waals surface area contributed by atoms with Crippen molar-refractivity contribution < 1.29 is 9.59 Å². The lowest BCUT2D eigenvalue weighted by molar-refractivity contribution is 0.0982. The highest BCUT2D eigenvalue weighted by Gasteiger charge is 2.12. The van der Waals surface area contributed by atoms with Gasteiger partial charge in [-0.25, -0.2) is 0 Å². The zero-order valence-electron chi connectivity index (χ0n) is 7.92. The Morgan fingerprint density at radius 3 is 2.79 bits per heavy atom. The Hall–Kier alpha value is -1.15. The first-order chi connectivity index (χ1) is 6.70. The van der Waals surface area contributed by atoms with Crippen molar-refractivity contribution in [3.8, 4) is 0 Å². The number of carbonyl (C=O) groups is 2. The number of ketones is 1. The zero-order valence-corrected chi connectivity index (χ0v) is 8.67. The molecule has 0 heterocycles. The van der Waals surface area contributed by atoms with E-state index in [1.54, 1.807) is 12.1 Å². The lowest BCUT2D eigenvalue weighted by atomic mass is 9.98. The van der Waals surface area contributed by atoms with Gasteiger partial charge in [-0.1, -0.05) is 18.2 Å². The summed E-state index contributed by atoms with van der Waals surface area (Å²) < 4.78 is 0. The van der Waals surface area contributed by atoms with E-state index in [1.807, 2.05) is 13.0 Å². The Labute approximate surface area is 87.9 Å². The topological polar surface area (TPSA) is 34.1 Å². The summed E-state index contributed by atoms with van der Waals surface area (Å²) in [5.41, 5.74) is 1.77. The number of benzene rings is 1. The van der Waals surface area contributed by atoms with Crippen LogP contribution in [0.4, 0.5) is 0 Å². The lowest BCUT2D eigenvalue weighted by Crippen LogP contribution is -2.06. The molecule has 0 N–H and O–H groups in total. The molecule has 0 unspecified atom stereocenters. The maximum Gasteiger partial charge on any atom is 0.165 e. The molecule has 14 heavy (non-hydrogen) atoms. The number of rotatable bonds is 4. The van der Waals surface area contributed by atoms with Crippen molar-refractivity contribution in [2.75, 3.05) is 5.88 Å². The van der Waals surface area contributed by atoms with Crippen molar-refractivity contribution in [2.45, 2.75) is 13.3 Å². The van der Waals surface area contributed by atoms with E-state index in [0.717, 1.165) is 5.56 Å². The molecular weight excluding hydrogens is 200 g/mol. The van der Waals surface area contributed by atoms with Crippen molar-refractivity contribution in [3.63, 3.8) is 0 Å². The van der Waals surface area contributed by atoms with Crippen LogP contribution in [0.3, 0.4) is 0 Å². The molecule has 1 aromatic carbocycles. The van der Waals surface area contributed by atoms with E-state index in [0.29, 0.717) is 17.4 Å². The predicted octanol–water partition coefficient (Wildman–Crippen LogP) is 2.62. The third kappa shape index (κ3) is 2.20. The average Bonchev–Trinajstić information content (AvgIpc) is 2.17. The summed E-state index contributed by atoms with van der Waals surface area (Å²) in [6.07, 6.45) is 0.974. The molecule has 2 nitrogen and oxygen atoms in total. The maximum atomic E-state index is 11.6. The van der Waals surface area contributed by atoms with Crippen LogP contribution in [-0.4, -0.2) is 17.9 Å². The summed E-state index contributed by atoms with van der Waals surface area (Å²) >= 11 is 5.48. The summed E-state index contributed by atoms with van der Waals surface area (Å²) in [6, 6.07) is 5.21. The van der Waals surface area contributed by atoms with E-state index in [4.69, 9.17) is 11.6 Å². The molecule has 74 valence electrons. The van der Waals surface area contributed by atoms with Crippen LogP contribution >= 0.6 is 11.6 Å². The zero-order chi connectivity index (χ0) is 10.6. The lowest BCUT2D eigenvalue weighted by Gasteiger charge is -2.05. The first-order valence-electron chi connectivity index (χ1n) is 4.34. The first kappa shape index (κ1) is 10.9. The van der Waals surface area contributed by atoms with Crippen molar-refractivity contribution in [3.05, 3.63) is 34.9 Å².